The largest absolute Gasteiger partial charge is 0.309 e. The van der Waals surface area contributed by atoms with Crippen molar-refractivity contribution >= 4 is 43.7 Å². The molecular formula is C51H33N5. The van der Waals surface area contributed by atoms with E-state index in [4.69, 9.17) is 15.0 Å². The Morgan fingerprint density at radius 1 is 0.321 bits per heavy atom. The Balaban J connectivity index is 1.02. The van der Waals surface area contributed by atoms with Crippen LogP contribution in [0.25, 0.3) is 100 Å². The first kappa shape index (κ1) is 31.9. The maximum absolute atomic E-state index is 5.05. The van der Waals surface area contributed by atoms with Crippen LogP contribution < -0.4 is 0 Å². The van der Waals surface area contributed by atoms with Crippen LogP contribution in [0.1, 0.15) is 0 Å². The molecule has 0 aliphatic carbocycles. The van der Waals surface area contributed by atoms with Gasteiger partial charge < -0.3 is 9.13 Å². The first-order chi connectivity index (χ1) is 27.8. The molecule has 0 fully saturated rings. The molecule has 0 N–H and O–H groups in total. The molecule has 0 radical (unpaired) electrons. The highest BCUT2D eigenvalue weighted by Crippen LogP contribution is 2.38. The van der Waals surface area contributed by atoms with Crippen molar-refractivity contribution < 1.29 is 0 Å². The zero-order valence-corrected chi connectivity index (χ0v) is 30.3. The fraction of sp³-hybridized carbons (Fsp3) is 0. The summed E-state index contributed by atoms with van der Waals surface area (Å²) in [6.45, 7) is 0. The first-order valence-corrected chi connectivity index (χ1v) is 18.9. The highest BCUT2D eigenvalue weighted by atomic mass is 15.0. The second-order valence-electron chi connectivity index (χ2n) is 14.1. The molecule has 4 aromatic heterocycles. The van der Waals surface area contributed by atoms with E-state index in [0.717, 1.165) is 72.5 Å². The van der Waals surface area contributed by atoms with Crippen LogP contribution in [0.4, 0.5) is 0 Å². The van der Waals surface area contributed by atoms with E-state index in [-0.39, 0.29) is 0 Å². The summed E-state index contributed by atoms with van der Waals surface area (Å²) in [5.74, 6) is 0.705. The van der Waals surface area contributed by atoms with Gasteiger partial charge in [0.05, 0.1) is 39.0 Å². The molecule has 262 valence electrons. The topological polar surface area (TPSA) is 48.5 Å². The molecule has 0 atom stereocenters. The van der Waals surface area contributed by atoms with E-state index in [1.54, 1.807) is 0 Å². The molecule has 11 aromatic rings. The number of fused-ring (bicyclic) bond motifs is 6. The standard InChI is InChI=1S/C51H33N5/c1-4-13-34(14-5-1)44-33-45(54-51(53-44)36-15-6-2-7-16-36)35-22-26-40(27-23-35)55-47-29-25-37(31-43(47)50-48(55)21-12-30-52-50)38-24-28-42-41-19-10-11-20-46(41)56(49(42)32-38)39-17-8-3-9-18-39/h1-33H. The van der Waals surface area contributed by atoms with Crippen molar-refractivity contribution in [1.29, 1.82) is 0 Å². The maximum Gasteiger partial charge on any atom is 0.160 e. The van der Waals surface area contributed by atoms with E-state index < -0.39 is 0 Å². The molecule has 0 spiro atoms. The highest BCUT2D eigenvalue weighted by Gasteiger charge is 2.17. The van der Waals surface area contributed by atoms with Gasteiger partial charge in [-0.1, -0.05) is 127 Å². The molecule has 0 aliphatic heterocycles. The Bertz CT molecular complexity index is 3160. The van der Waals surface area contributed by atoms with Crippen molar-refractivity contribution in [1.82, 2.24) is 24.1 Å². The van der Waals surface area contributed by atoms with Crippen molar-refractivity contribution in [3.63, 3.8) is 0 Å². The summed E-state index contributed by atoms with van der Waals surface area (Å²) in [7, 11) is 0. The Kier molecular flexibility index (Phi) is 7.42. The van der Waals surface area contributed by atoms with Gasteiger partial charge in [-0.05, 0) is 77.9 Å². The summed E-state index contributed by atoms with van der Waals surface area (Å²) >= 11 is 0. The minimum Gasteiger partial charge on any atom is -0.309 e. The summed E-state index contributed by atoms with van der Waals surface area (Å²) in [5.41, 5.74) is 14.9. The number of aromatic nitrogens is 5. The highest BCUT2D eigenvalue weighted by molar-refractivity contribution is 6.11. The molecule has 0 saturated heterocycles. The second-order valence-corrected chi connectivity index (χ2v) is 14.1. The molecule has 0 amide bonds. The van der Waals surface area contributed by atoms with Crippen LogP contribution in [0.15, 0.2) is 200 Å². The van der Waals surface area contributed by atoms with Crippen LogP contribution in [0, 0.1) is 0 Å². The predicted molar refractivity (Wildman–Crippen MR) is 230 cm³/mol. The smallest absolute Gasteiger partial charge is 0.160 e. The molecule has 0 unspecified atom stereocenters. The van der Waals surface area contributed by atoms with Crippen LogP contribution >= 0.6 is 0 Å². The third-order valence-electron chi connectivity index (χ3n) is 10.8. The third kappa shape index (κ3) is 5.29. The Labute approximate surface area is 323 Å². The number of pyridine rings is 1. The van der Waals surface area contributed by atoms with Gasteiger partial charge in [-0.3, -0.25) is 4.98 Å². The van der Waals surface area contributed by atoms with Gasteiger partial charge in [0.15, 0.2) is 5.82 Å². The van der Waals surface area contributed by atoms with E-state index in [1.165, 1.54) is 21.8 Å². The number of rotatable bonds is 6. The monoisotopic (exact) mass is 715 g/mol. The van der Waals surface area contributed by atoms with Crippen LogP contribution in [0.3, 0.4) is 0 Å². The molecule has 0 saturated carbocycles. The van der Waals surface area contributed by atoms with Gasteiger partial charge >= 0.3 is 0 Å². The summed E-state index contributed by atoms with van der Waals surface area (Å²) in [5, 5.41) is 3.60. The van der Waals surface area contributed by atoms with Crippen LogP contribution in [0.5, 0.6) is 0 Å². The summed E-state index contributed by atoms with van der Waals surface area (Å²) in [6, 6.07) is 68.3. The first-order valence-electron chi connectivity index (χ1n) is 18.9. The summed E-state index contributed by atoms with van der Waals surface area (Å²) in [6.07, 6.45) is 1.88. The fourth-order valence-corrected chi connectivity index (χ4v) is 8.15. The van der Waals surface area contributed by atoms with Crippen molar-refractivity contribution in [3.8, 4) is 56.4 Å². The molecule has 0 bridgehead atoms. The number of hydrogen-bond acceptors (Lipinski definition) is 3. The minimum atomic E-state index is 0.705. The summed E-state index contributed by atoms with van der Waals surface area (Å²) < 4.78 is 4.68. The lowest BCUT2D eigenvalue weighted by atomic mass is 10.0. The fourth-order valence-electron chi connectivity index (χ4n) is 8.15. The molecule has 7 aromatic carbocycles. The van der Waals surface area contributed by atoms with Crippen molar-refractivity contribution in [2.24, 2.45) is 0 Å². The average Bonchev–Trinajstić information content (AvgIpc) is 3.79. The molecule has 0 aliphatic rings. The lowest BCUT2D eigenvalue weighted by Crippen LogP contribution is -1.97. The Hall–Kier alpha value is -7.63. The quantitative estimate of drug-likeness (QED) is 0.172. The third-order valence-corrected chi connectivity index (χ3v) is 10.8. The predicted octanol–water partition coefficient (Wildman–Crippen LogP) is 12.7. The van der Waals surface area contributed by atoms with Gasteiger partial charge in [0.1, 0.15) is 0 Å². The van der Waals surface area contributed by atoms with Gasteiger partial charge in [-0.25, -0.2) is 9.97 Å². The molecule has 4 heterocycles. The molecule has 5 nitrogen and oxygen atoms in total. The number of benzene rings is 7. The second kappa shape index (κ2) is 13.0. The summed E-state index contributed by atoms with van der Waals surface area (Å²) in [4.78, 5) is 15.0. The SMILES string of the molecule is c1ccc(-c2cc(-c3ccc(-n4c5ccc(-c6ccc7c8ccccc8n(-c8ccccc8)c7c6)cc5c5ncccc54)cc3)nc(-c3ccccc3)n2)cc1. The van der Waals surface area contributed by atoms with Gasteiger partial charge in [0.2, 0.25) is 0 Å². The van der Waals surface area contributed by atoms with E-state index >= 15 is 0 Å². The van der Waals surface area contributed by atoms with Crippen LogP contribution in [-0.4, -0.2) is 24.1 Å². The zero-order valence-electron chi connectivity index (χ0n) is 30.3. The number of para-hydroxylation sites is 2. The van der Waals surface area contributed by atoms with E-state index in [9.17, 15) is 0 Å². The van der Waals surface area contributed by atoms with Gasteiger partial charge in [0.25, 0.3) is 0 Å². The Morgan fingerprint density at radius 3 is 1.62 bits per heavy atom. The van der Waals surface area contributed by atoms with Crippen molar-refractivity contribution in [2.75, 3.05) is 0 Å². The zero-order chi connectivity index (χ0) is 37.0. The molecule has 56 heavy (non-hydrogen) atoms. The number of nitrogens with zero attached hydrogens (tertiary/aromatic N) is 5. The van der Waals surface area contributed by atoms with E-state index in [0.29, 0.717) is 5.82 Å². The van der Waals surface area contributed by atoms with Crippen LogP contribution in [0.2, 0.25) is 0 Å². The normalized spacial score (nSPS) is 11.6. The lowest BCUT2D eigenvalue weighted by molar-refractivity contribution is 1.17. The molecule has 5 heteroatoms. The maximum atomic E-state index is 5.05. The van der Waals surface area contributed by atoms with Gasteiger partial charge in [-0.15, -0.1) is 0 Å². The molecule has 11 rings (SSSR count). The van der Waals surface area contributed by atoms with E-state index in [2.05, 4.69) is 161 Å². The number of hydrogen-bond donors (Lipinski definition) is 0. The Morgan fingerprint density at radius 2 is 0.857 bits per heavy atom. The van der Waals surface area contributed by atoms with Crippen LogP contribution in [-0.2, 0) is 0 Å². The average molecular weight is 716 g/mol. The molecular weight excluding hydrogens is 683 g/mol. The minimum absolute atomic E-state index is 0.705. The van der Waals surface area contributed by atoms with Crippen molar-refractivity contribution in [3.05, 3.63) is 200 Å². The van der Waals surface area contributed by atoms with E-state index in [1.807, 2.05) is 48.7 Å². The van der Waals surface area contributed by atoms with Gasteiger partial charge in [0, 0.05) is 50.4 Å². The van der Waals surface area contributed by atoms with Gasteiger partial charge in [-0.2, -0.15) is 0 Å². The lowest BCUT2D eigenvalue weighted by Gasteiger charge is -2.11. The van der Waals surface area contributed by atoms with Crippen molar-refractivity contribution in [2.45, 2.75) is 0 Å².